The quantitative estimate of drug-likeness (QED) is 0.768. The SMILES string of the molecule is COCC(NS(=O)(=O)/C=C/c1ccccc1)C(=O)O. The Morgan fingerprint density at radius 2 is 2.05 bits per heavy atom. The fourth-order valence-corrected chi connectivity index (χ4v) is 2.27. The van der Waals surface area contributed by atoms with E-state index in [1.54, 1.807) is 24.3 Å². The molecule has 1 aromatic rings. The summed E-state index contributed by atoms with van der Waals surface area (Å²) in [6.45, 7) is -0.242. The fourth-order valence-electron chi connectivity index (χ4n) is 1.29. The molecule has 0 aliphatic heterocycles. The van der Waals surface area contributed by atoms with Gasteiger partial charge < -0.3 is 9.84 Å². The molecule has 1 unspecified atom stereocenters. The van der Waals surface area contributed by atoms with E-state index in [-0.39, 0.29) is 6.61 Å². The van der Waals surface area contributed by atoms with Gasteiger partial charge in [0.05, 0.1) is 6.61 Å². The van der Waals surface area contributed by atoms with Crippen molar-refractivity contribution in [3.63, 3.8) is 0 Å². The van der Waals surface area contributed by atoms with Gasteiger partial charge in [0.2, 0.25) is 10.0 Å². The van der Waals surface area contributed by atoms with E-state index in [4.69, 9.17) is 5.11 Å². The smallest absolute Gasteiger partial charge is 0.324 e. The number of rotatable bonds is 7. The Hall–Kier alpha value is -1.70. The Morgan fingerprint density at radius 3 is 2.58 bits per heavy atom. The highest BCUT2D eigenvalue weighted by Crippen LogP contribution is 2.03. The first kappa shape index (κ1) is 15.4. The summed E-state index contributed by atoms with van der Waals surface area (Å²) in [7, 11) is -2.54. The Kier molecular flexibility index (Phi) is 5.68. The standard InChI is InChI=1S/C12H15NO5S/c1-18-9-11(12(14)15)13-19(16,17)8-7-10-5-3-2-4-6-10/h2-8,11,13H,9H2,1H3,(H,14,15)/b8-7+. The number of nitrogens with one attached hydrogen (secondary N) is 1. The van der Waals surface area contributed by atoms with E-state index in [0.717, 1.165) is 5.41 Å². The summed E-state index contributed by atoms with van der Waals surface area (Å²) in [4.78, 5) is 10.8. The molecule has 0 saturated carbocycles. The number of aliphatic carboxylic acids is 1. The maximum absolute atomic E-state index is 11.7. The summed E-state index contributed by atoms with van der Waals surface area (Å²) < 4.78 is 30.0. The van der Waals surface area contributed by atoms with E-state index in [0.29, 0.717) is 5.56 Å². The Labute approximate surface area is 111 Å². The van der Waals surface area contributed by atoms with Crippen molar-refractivity contribution in [2.24, 2.45) is 0 Å². The van der Waals surface area contributed by atoms with Crippen LogP contribution in [-0.2, 0) is 19.6 Å². The van der Waals surface area contributed by atoms with Crippen LogP contribution in [0.15, 0.2) is 35.7 Å². The van der Waals surface area contributed by atoms with Crippen LogP contribution in [0.25, 0.3) is 6.08 Å². The summed E-state index contributed by atoms with van der Waals surface area (Å²) in [5.41, 5.74) is 0.700. The molecule has 6 nitrogen and oxygen atoms in total. The molecule has 104 valence electrons. The predicted octanol–water partition coefficient (Wildman–Crippen LogP) is 0.676. The number of hydrogen-bond acceptors (Lipinski definition) is 4. The monoisotopic (exact) mass is 285 g/mol. The highest BCUT2D eigenvalue weighted by molar-refractivity contribution is 7.92. The number of ether oxygens (including phenoxy) is 1. The average Bonchev–Trinajstić information content (AvgIpc) is 2.37. The molecular formula is C12H15NO5S. The second kappa shape index (κ2) is 7.03. The number of carboxylic acids is 1. The second-order valence-electron chi connectivity index (χ2n) is 3.72. The molecule has 0 aliphatic carbocycles. The first-order valence-electron chi connectivity index (χ1n) is 5.42. The van der Waals surface area contributed by atoms with Gasteiger partial charge in [-0.1, -0.05) is 30.3 Å². The van der Waals surface area contributed by atoms with Crippen LogP contribution >= 0.6 is 0 Å². The van der Waals surface area contributed by atoms with Crippen LogP contribution in [0.5, 0.6) is 0 Å². The van der Waals surface area contributed by atoms with Gasteiger partial charge in [0.15, 0.2) is 0 Å². The fraction of sp³-hybridized carbons (Fsp3) is 0.250. The van der Waals surface area contributed by atoms with Gasteiger partial charge in [-0.2, -0.15) is 4.72 Å². The largest absolute Gasteiger partial charge is 0.480 e. The zero-order chi connectivity index (χ0) is 14.3. The third kappa shape index (κ3) is 5.64. The van der Waals surface area contributed by atoms with Crippen molar-refractivity contribution in [2.45, 2.75) is 6.04 Å². The molecule has 0 fully saturated rings. The first-order valence-corrected chi connectivity index (χ1v) is 6.96. The van der Waals surface area contributed by atoms with E-state index < -0.39 is 22.0 Å². The maximum atomic E-state index is 11.7. The number of carbonyl (C=O) groups is 1. The lowest BCUT2D eigenvalue weighted by Crippen LogP contribution is -2.42. The van der Waals surface area contributed by atoms with E-state index in [1.165, 1.54) is 13.2 Å². The summed E-state index contributed by atoms with van der Waals surface area (Å²) in [5, 5.41) is 9.75. The lowest BCUT2D eigenvalue weighted by Gasteiger charge is -2.11. The van der Waals surface area contributed by atoms with Gasteiger partial charge in [-0.25, -0.2) is 8.42 Å². The summed E-state index contributed by atoms with van der Waals surface area (Å²) >= 11 is 0. The van der Waals surface area contributed by atoms with Gasteiger partial charge in [-0.3, -0.25) is 4.79 Å². The summed E-state index contributed by atoms with van der Waals surface area (Å²) in [5.74, 6) is -1.29. The minimum absolute atomic E-state index is 0.242. The molecular weight excluding hydrogens is 270 g/mol. The zero-order valence-electron chi connectivity index (χ0n) is 10.3. The molecule has 1 aromatic carbocycles. The maximum Gasteiger partial charge on any atom is 0.324 e. The molecule has 0 aliphatic rings. The summed E-state index contributed by atoms with van der Waals surface area (Å²) in [6.07, 6.45) is 1.38. The molecule has 0 aromatic heterocycles. The van der Waals surface area contributed by atoms with E-state index >= 15 is 0 Å². The Bertz CT molecular complexity index is 538. The van der Waals surface area contributed by atoms with Crippen molar-refractivity contribution in [3.05, 3.63) is 41.3 Å². The average molecular weight is 285 g/mol. The van der Waals surface area contributed by atoms with E-state index in [9.17, 15) is 13.2 Å². The molecule has 0 heterocycles. The lowest BCUT2D eigenvalue weighted by atomic mass is 10.2. The molecule has 0 radical (unpaired) electrons. The second-order valence-corrected chi connectivity index (χ2v) is 5.32. The van der Waals surface area contributed by atoms with Crippen molar-refractivity contribution in [1.82, 2.24) is 4.72 Å². The molecule has 1 atom stereocenters. The van der Waals surface area contributed by atoms with Gasteiger partial charge in [0.1, 0.15) is 6.04 Å². The summed E-state index contributed by atoms with van der Waals surface area (Å²) in [6, 6.07) is 7.50. The first-order chi connectivity index (χ1) is 8.94. The lowest BCUT2D eigenvalue weighted by molar-refractivity contribution is -0.140. The van der Waals surface area contributed by atoms with Crippen LogP contribution in [0.4, 0.5) is 0 Å². The van der Waals surface area contributed by atoms with Gasteiger partial charge in [-0.15, -0.1) is 0 Å². The number of carboxylic acid groups (broad SMARTS) is 1. The van der Waals surface area contributed by atoms with Crippen molar-refractivity contribution >= 4 is 22.1 Å². The van der Waals surface area contributed by atoms with E-state index in [1.807, 2.05) is 10.8 Å². The van der Waals surface area contributed by atoms with Crippen LogP contribution in [0, 0.1) is 0 Å². The van der Waals surface area contributed by atoms with Crippen LogP contribution < -0.4 is 4.72 Å². The highest BCUT2D eigenvalue weighted by Gasteiger charge is 2.22. The molecule has 0 spiro atoms. The predicted molar refractivity (Wildman–Crippen MR) is 70.8 cm³/mol. The molecule has 7 heteroatoms. The van der Waals surface area contributed by atoms with Gasteiger partial charge in [0, 0.05) is 12.5 Å². The van der Waals surface area contributed by atoms with Gasteiger partial charge in [-0.05, 0) is 11.6 Å². The number of benzene rings is 1. The topological polar surface area (TPSA) is 92.7 Å². The van der Waals surface area contributed by atoms with Gasteiger partial charge in [0.25, 0.3) is 0 Å². The zero-order valence-corrected chi connectivity index (χ0v) is 11.1. The minimum Gasteiger partial charge on any atom is -0.480 e. The Morgan fingerprint density at radius 1 is 1.42 bits per heavy atom. The third-order valence-electron chi connectivity index (χ3n) is 2.18. The Balaban J connectivity index is 2.76. The molecule has 0 bridgehead atoms. The van der Waals surface area contributed by atoms with Gasteiger partial charge >= 0.3 is 5.97 Å². The van der Waals surface area contributed by atoms with Crippen molar-refractivity contribution in [1.29, 1.82) is 0 Å². The normalized spacial score (nSPS) is 13.5. The molecule has 1 rings (SSSR count). The molecule has 19 heavy (non-hydrogen) atoms. The van der Waals surface area contributed by atoms with Crippen LogP contribution in [0.2, 0.25) is 0 Å². The molecule has 2 N–H and O–H groups in total. The highest BCUT2D eigenvalue weighted by atomic mass is 32.2. The van der Waals surface area contributed by atoms with Crippen molar-refractivity contribution in [2.75, 3.05) is 13.7 Å². The van der Waals surface area contributed by atoms with Crippen LogP contribution in [0.3, 0.4) is 0 Å². The molecule has 0 saturated heterocycles. The number of hydrogen-bond donors (Lipinski definition) is 2. The third-order valence-corrected chi connectivity index (χ3v) is 3.28. The van der Waals surface area contributed by atoms with Crippen molar-refractivity contribution in [3.8, 4) is 0 Å². The van der Waals surface area contributed by atoms with Crippen LogP contribution in [-0.4, -0.2) is 39.3 Å². The van der Waals surface area contributed by atoms with Crippen LogP contribution in [0.1, 0.15) is 5.56 Å². The minimum atomic E-state index is -3.84. The molecule has 0 amide bonds. The number of methoxy groups -OCH3 is 1. The van der Waals surface area contributed by atoms with Crippen molar-refractivity contribution < 1.29 is 23.1 Å². The number of sulfonamides is 1. The van der Waals surface area contributed by atoms with E-state index in [2.05, 4.69) is 4.74 Å².